The summed E-state index contributed by atoms with van der Waals surface area (Å²) in [5.41, 5.74) is 0. The van der Waals surface area contributed by atoms with Crippen molar-refractivity contribution in [3.8, 4) is 0 Å². The van der Waals surface area contributed by atoms with E-state index in [4.69, 9.17) is 4.43 Å². The Labute approximate surface area is 173 Å². The zero-order chi connectivity index (χ0) is 21.4. The fourth-order valence-corrected chi connectivity index (χ4v) is 5.21. The van der Waals surface area contributed by atoms with E-state index in [-0.39, 0.29) is 23.0 Å². The highest BCUT2D eigenvalue weighted by Gasteiger charge is 2.47. The lowest BCUT2D eigenvalue weighted by atomic mass is 9.86. The number of Topliss-reactive ketones (excluding diaryl/α,β-unsaturated/α-hetero) is 1. The maximum Gasteiger partial charge on any atom is 0.305 e. The van der Waals surface area contributed by atoms with E-state index in [1.807, 2.05) is 6.08 Å². The predicted molar refractivity (Wildman–Crippen MR) is 118 cm³/mol. The van der Waals surface area contributed by atoms with Gasteiger partial charge in [0.05, 0.1) is 13.2 Å². The standard InChI is InChI=1S/C23H42O4Si/c1-8-9-14-19-18(15-12-10-11-13-16-22(25)26-5)20(24)17-21(19)27-28(6,7)23(2,3)4/h8,18-19,21H,1,9-17H2,2-7H3. The topological polar surface area (TPSA) is 52.6 Å². The first-order valence-electron chi connectivity index (χ1n) is 10.9. The molecule has 0 spiro atoms. The van der Waals surface area contributed by atoms with Crippen LogP contribution < -0.4 is 0 Å². The van der Waals surface area contributed by atoms with Gasteiger partial charge in [-0.1, -0.05) is 46.1 Å². The van der Waals surface area contributed by atoms with Gasteiger partial charge in [0, 0.05) is 18.8 Å². The van der Waals surface area contributed by atoms with Gasteiger partial charge >= 0.3 is 5.97 Å². The van der Waals surface area contributed by atoms with Crippen molar-refractivity contribution in [2.75, 3.05) is 7.11 Å². The first kappa shape index (κ1) is 25.1. The minimum atomic E-state index is -1.90. The van der Waals surface area contributed by atoms with Gasteiger partial charge in [0.25, 0.3) is 0 Å². The lowest BCUT2D eigenvalue weighted by Crippen LogP contribution is -2.45. The van der Waals surface area contributed by atoms with Crippen LogP contribution in [0, 0.1) is 11.8 Å². The van der Waals surface area contributed by atoms with Crippen molar-refractivity contribution in [1.29, 1.82) is 0 Å². The van der Waals surface area contributed by atoms with Crippen LogP contribution in [-0.4, -0.2) is 33.3 Å². The summed E-state index contributed by atoms with van der Waals surface area (Å²) in [6.45, 7) is 15.2. The second-order valence-electron chi connectivity index (χ2n) is 9.75. The molecular weight excluding hydrogens is 368 g/mol. The van der Waals surface area contributed by atoms with Gasteiger partial charge in [0.2, 0.25) is 0 Å². The number of unbranched alkanes of at least 4 members (excludes halogenated alkanes) is 3. The van der Waals surface area contributed by atoms with Crippen molar-refractivity contribution in [2.24, 2.45) is 11.8 Å². The number of hydrogen-bond acceptors (Lipinski definition) is 4. The Morgan fingerprint density at radius 3 is 2.39 bits per heavy atom. The van der Waals surface area contributed by atoms with Gasteiger partial charge in [-0.3, -0.25) is 9.59 Å². The Kier molecular flexibility index (Phi) is 10.1. The Balaban J connectivity index is 2.62. The zero-order valence-electron chi connectivity index (χ0n) is 19.0. The highest BCUT2D eigenvalue weighted by atomic mass is 28.4. The fraction of sp³-hybridized carbons (Fsp3) is 0.826. The van der Waals surface area contributed by atoms with Crippen LogP contribution in [0.5, 0.6) is 0 Å². The largest absolute Gasteiger partial charge is 0.469 e. The SMILES string of the molecule is C=CCCC1C(O[Si](C)(C)C(C)(C)C)CC(=O)C1CCCCCCC(=O)OC. The number of carbonyl (C=O) groups excluding carboxylic acids is 2. The lowest BCUT2D eigenvalue weighted by Gasteiger charge is -2.40. The van der Waals surface area contributed by atoms with Crippen LogP contribution in [0.3, 0.4) is 0 Å². The number of carbonyl (C=O) groups is 2. The summed E-state index contributed by atoms with van der Waals surface area (Å²) in [6.07, 6.45) is 9.92. The van der Waals surface area contributed by atoms with E-state index in [9.17, 15) is 9.59 Å². The van der Waals surface area contributed by atoms with Gasteiger partial charge in [-0.25, -0.2) is 0 Å². The molecule has 0 amide bonds. The van der Waals surface area contributed by atoms with Gasteiger partial charge < -0.3 is 9.16 Å². The summed E-state index contributed by atoms with van der Waals surface area (Å²) in [6, 6.07) is 0. The van der Waals surface area contributed by atoms with Crippen molar-refractivity contribution in [1.82, 2.24) is 0 Å². The molecule has 1 saturated carbocycles. The molecule has 28 heavy (non-hydrogen) atoms. The molecule has 0 bridgehead atoms. The maximum absolute atomic E-state index is 12.8. The van der Waals surface area contributed by atoms with Gasteiger partial charge in [-0.15, -0.1) is 6.58 Å². The van der Waals surface area contributed by atoms with Crippen LogP contribution in [0.25, 0.3) is 0 Å². The van der Waals surface area contributed by atoms with Gasteiger partial charge in [-0.2, -0.15) is 0 Å². The maximum atomic E-state index is 12.8. The first-order valence-corrected chi connectivity index (χ1v) is 13.8. The molecule has 0 radical (unpaired) electrons. The van der Waals surface area contributed by atoms with Crippen LogP contribution in [0.4, 0.5) is 0 Å². The Hall–Kier alpha value is -0.943. The molecule has 3 atom stereocenters. The average Bonchev–Trinajstić information content (AvgIpc) is 2.88. The third-order valence-electron chi connectivity index (χ3n) is 6.64. The highest BCUT2D eigenvalue weighted by Crippen LogP contribution is 2.44. The summed E-state index contributed by atoms with van der Waals surface area (Å²) >= 11 is 0. The molecule has 0 heterocycles. The summed E-state index contributed by atoms with van der Waals surface area (Å²) < 4.78 is 11.4. The monoisotopic (exact) mass is 410 g/mol. The normalized spacial score (nSPS) is 23.1. The molecule has 4 nitrogen and oxygen atoms in total. The van der Waals surface area contributed by atoms with Crippen molar-refractivity contribution in [3.63, 3.8) is 0 Å². The number of ether oxygens (including phenoxy) is 1. The third kappa shape index (κ3) is 7.47. The summed E-state index contributed by atoms with van der Waals surface area (Å²) in [5.74, 6) is 0.679. The zero-order valence-corrected chi connectivity index (χ0v) is 20.0. The molecule has 3 unspecified atom stereocenters. The predicted octanol–water partition coefficient (Wildman–Crippen LogP) is 6.06. The van der Waals surface area contributed by atoms with Crippen molar-refractivity contribution < 1.29 is 18.8 Å². The number of esters is 1. The second-order valence-corrected chi connectivity index (χ2v) is 14.5. The average molecular weight is 411 g/mol. The Morgan fingerprint density at radius 2 is 1.82 bits per heavy atom. The summed E-state index contributed by atoms with van der Waals surface area (Å²) in [7, 11) is -0.465. The number of ketones is 1. The molecule has 0 aromatic carbocycles. The number of allylic oxidation sites excluding steroid dienone is 1. The van der Waals surface area contributed by atoms with E-state index in [0.29, 0.717) is 24.5 Å². The van der Waals surface area contributed by atoms with Crippen molar-refractivity contribution >= 4 is 20.1 Å². The van der Waals surface area contributed by atoms with Crippen molar-refractivity contribution in [3.05, 3.63) is 12.7 Å². The van der Waals surface area contributed by atoms with E-state index in [0.717, 1.165) is 44.9 Å². The molecule has 0 aromatic heterocycles. The first-order chi connectivity index (χ1) is 13.0. The molecule has 5 heteroatoms. The van der Waals surface area contributed by atoms with Crippen LogP contribution in [-0.2, 0) is 18.8 Å². The second kappa shape index (κ2) is 11.3. The Morgan fingerprint density at radius 1 is 1.18 bits per heavy atom. The molecule has 1 aliphatic rings. The highest BCUT2D eigenvalue weighted by molar-refractivity contribution is 6.74. The molecule has 0 aliphatic heterocycles. The van der Waals surface area contributed by atoms with E-state index in [2.05, 4.69) is 45.2 Å². The molecular formula is C23H42O4Si. The number of methoxy groups -OCH3 is 1. The number of hydrogen-bond donors (Lipinski definition) is 0. The summed E-state index contributed by atoms with van der Waals surface area (Å²) in [4.78, 5) is 24.0. The molecule has 1 rings (SSSR count). The molecule has 1 fully saturated rings. The lowest BCUT2D eigenvalue weighted by molar-refractivity contribution is -0.140. The minimum Gasteiger partial charge on any atom is -0.469 e. The van der Waals surface area contributed by atoms with Crippen molar-refractivity contribution in [2.45, 2.75) is 103 Å². The molecule has 0 saturated heterocycles. The van der Waals surface area contributed by atoms with E-state index in [1.54, 1.807) is 0 Å². The Bertz CT molecular complexity index is 521. The summed E-state index contributed by atoms with van der Waals surface area (Å²) in [5, 5.41) is 0.150. The van der Waals surface area contributed by atoms with Gasteiger partial charge in [-0.05, 0) is 49.7 Å². The van der Waals surface area contributed by atoms with Crippen LogP contribution >= 0.6 is 0 Å². The quantitative estimate of drug-likeness (QED) is 0.170. The van der Waals surface area contributed by atoms with Gasteiger partial charge in [0.15, 0.2) is 8.32 Å². The van der Waals surface area contributed by atoms with Crippen LogP contribution in [0.15, 0.2) is 12.7 Å². The molecule has 0 aromatic rings. The molecule has 1 aliphatic carbocycles. The van der Waals surface area contributed by atoms with Crippen LogP contribution in [0.1, 0.15) is 78.6 Å². The van der Waals surface area contributed by atoms with Crippen LogP contribution in [0.2, 0.25) is 18.1 Å². The molecule has 162 valence electrons. The smallest absolute Gasteiger partial charge is 0.305 e. The van der Waals surface area contributed by atoms with E-state index < -0.39 is 8.32 Å². The van der Waals surface area contributed by atoms with Gasteiger partial charge in [0.1, 0.15) is 5.78 Å². The third-order valence-corrected chi connectivity index (χ3v) is 11.1. The van der Waals surface area contributed by atoms with E-state index >= 15 is 0 Å². The minimum absolute atomic E-state index is 0.0673. The van der Waals surface area contributed by atoms with E-state index in [1.165, 1.54) is 7.11 Å². The fourth-order valence-electron chi connectivity index (χ4n) is 3.84. The number of rotatable bonds is 12. The molecule has 0 N–H and O–H groups in total.